The second-order valence-corrected chi connectivity index (χ2v) is 4.45. The molecule has 4 heteroatoms. The quantitative estimate of drug-likeness (QED) is 0.843. The molecule has 1 aromatic heterocycles. The largest absolute Gasteiger partial charge is 0.395 e. The number of aliphatic hydroxyl groups excluding tert-OH is 1. The highest BCUT2D eigenvalue weighted by molar-refractivity contribution is 5.12. The van der Waals surface area contributed by atoms with Crippen molar-refractivity contribution in [2.45, 2.75) is 25.9 Å². The summed E-state index contributed by atoms with van der Waals surface area (Å²) >= 11 is 0. The van der Waals surface area contributed by atoms with Crippen molar-refractivity contribution in [1.29, 1.82) is 0 Å². The Morgan fingerprint density at radius 3 is 3.12 bits per heavy atom. The molecular formula is C12H17FN2O. The summed E-state index contributed by atoms with van der Waals surface area (Å²) in [5, 5.41) is 9.31. The molecule has 0 aromatic carbocycles. The number of aliphatic hydroxyl groups is 1. The van der Waals surface area contributed by atoms with E-state index in [1.54, 1.807) is 12.3 Å². The number of aromatic nitrogens is 1. The van der Waals surface area contributed by atoms with E-state index in [9.17, 15) is 9.50 Å². The van der Waals surface area contributed by atoms with E-state index in [2.05, 4.69) is 16.8 Å². The maximum absolute atomic E-state index is 13.4. The highest BCUT2D eigenvalue weighted by atomic mass is 19.1. The Balaban J connectivity index is 2.08. The first-order chi connectivity index (χ1) is 7.72. The number of likely N-dealkylation sites (tertiary alicyclic amines) is 1. The van der Waals surface area contributed by atoms with Gasteiger partial charge < -0.3 is 5.11 Å². The molecule has 2 rings (SSSR count). The Morgan fingerprint density at radius 2 is 2.44 bits per heavy atom. The number of rotatable bonds is 3. The van der Waals surface area contributed by atoms with Gasteiger partial charge in [-0.25, -0.2) is 4.39 Å². The summed E-state index contributed by atoms with van der Waals surface area (Å²) < 4.78 is 13.4. The van der Waals surface area contributed by atoms with E-state index in [0.717, 1.165) is 13.0 Å². The number of pyridine rings is 1. The van der Waals surface area contributed by atoms with Crippen LogP contribution in [-0.4, -0.2) is 34.2 Å². The zero-order chi connectivity index (χ0) is 11.5. The van der Waals surface area contributed by atoms with Crippen LogP contribution in [0.4, 0.5) is 4.39 Å². The molecule has 1 N–H and O–H groups in total. The number of hydrogen-bond donors (Lipinski definition) is 1. The molecule has 2 heterocycles. The Bertz CT molecular complexity index is 359. The zero-order valence-electron chi connectivity index (χ0n) is 9.43. The van der Waals surface area contributed by atoms with Gasteiger partial charge in [-0.2, -0.15) is 0 Å². The summed E-state index contributed by atoms with van der Waals surface area (Å²) in [5.41, 5.74) is 0.655. The molecule has 2 unspecified atom stereocenters. The van der Waals surface area contributed by atoms with Crippen molar-refractivity contribution in [3.05, 3.63) is 29.8 Å². The van der Waals surface area contributed by atoms with Gasteiger partial charge in [0, 0.05) is 24.3 Å². The molecule has 0 aliphatic carbocycles. The molecule has 1 aromatic rings. The lowest BCUT2D eigenvalue weighted by atomic mass is 10.0. The smallest absolute Gasteiger partial charge is 0.145 e. The maximum Gasteiger partial charge on any atom is 0.145 e. The van der Waals surface area contributed by atoms with Crippen LogP contribution in [0, 0.1) is 11.7 Å². The van der Waals surface area contributed by atoms with Crippen molar-refractivity contribution in [1.82, 2.24) is 9.88 Å². The maximum atomic E-state index is 13.4. The highest BCUT2D eigenvalue weighted by Gasteiger charge is 2.30. The number of halogens is 1. The first kappa shape index (κ1) is 11.5. The van der Waals surface area contributed by atoms with Gasteiger partial charge in [0.25, 0.3) is 0 Å². The average Bonchev–Trinajstić information content (AvgIpc) is 2.63. The molecule has 0 bridgehead atoms. The van der Waals surface area contributed by atoms with Gasteiger partial charge in [0.2, 0.25) is 0 Å². The molecule has 1 fully saturated rings. The first-order valence-corrected chi connectivity index (χ1v) is 5.65. The van der Waals surface area contributed by atoms with Crippen LogP contribution in [0.2, 0.25) is 0 Å². The van der Waals surface area contributed by atoms with Crippen molar-refractivity contribution >= 4 is 0 Å². The van der Waals surface area contributed by atoms with E-state index in [-0.39, 0.29) is 18.5 Å². The fourth-order valence-corrected chi connectivity index (χ4v) is 2.33. The van der Waals surface area contributed by atoms with Crippen molar-refractivity contribution in [3.63, 3.8) is 0 Å². The van der Waals surface area contributed by atoms with E-state index in [0.29, 0.717) is 18.0 Å². The molecule has 16 heavy (non-hydrogen) atoms. The summed E-state index contributed by atoms with van der Waals surface area (Å²) in [6.07, 6.45) is 3.91. The molecule has 3 nitrogen and oxygen atoms in total. The summed E-state index contributed by atoms with van der Waals surface area (Å²) in [5.74, 6) is 0.216. The standard InChI is InChI=1S/C12H17FN2O/c1-9-3-5-15(12(9)8-16)7-10-2-4-14-6-11(10)13/h2,4,6,9,12,16H,3,5,7-8H2,1H3. The van der Waals surface area contributed by atoms with E-state index in [4.69, 9.17) is 0 Å². The van der Waals surface area contributed by atoms with Crippen molar-refractivity contribution in [3.8, 4) is 0 Å². The van der Waals surface area contributed by atoms with Crippen LogP contribution in [0.1, 0.15) is 18.9 Å². The second-order valence-electron chi connectivity index (χ2n) is 4.45. The van der Waals surface area contributed by atoms with Gasteiger partial charge in [0.1, 0.15) is 5.82 Å². The number of hydrogen-bond acceptors (Lipinski definition) is 3. The minimum absolute atomic E-state index is 0.147. The van der Waals surface area contributed by atoms with E-state index >= 15 is 0 Å². The molecule has 0 saturated carbocycles. The Hall–Kier alpha value is -1.00. The molecule has 0 spiro atoms. The lowest BCUT2D eigenvalue weighted by molar-refractivity contribution is 0.133. The fraction of sp³-hybridized carbons (Fsp3) is 0.583. The molecule has 1 saturated heterocycles. The molecule has 1 aliphatic heterocycles. The summed E-state index contributed by atoms with van der Waals surface area (Å²) in [4.78, 5) is 5.87. The summed E-state index contributed by atoms with van der Waals surface area (Å²) in [6.45, 7) is 3.76. The zero-order valence-corrected chi connectivity index (χ0v) is 9.43. The van der Waals surface area contributed by atoms with Gasteiger partial charge in [0.05, 0.1) is 12.8 Å². The Labute approximate surface area is 94.9 Å². The first-order valence-electron chi connectivity index (χ1n) is 5.65. The predicted molar refractivity (Wildman–Crippen MR) is 59.3 cm³/mol. The minimum atomic E-state index is -0.265. The van der Waals surface area contributed by atoms with E-state index < -0.39 is 0 Å². The number of nitrogens with zero attached hydrogens (tertiary/aromatic N) is 2. The molecule has 1 aliphatic rings. The molecule has 88 valence electrons. The normalized spacial score (nSPS) is 26.2. The van der Waals surface area contributed by atoms with Crippen LogP contribution in [0.3, 0.4) is 0 Å². The topological polar surface area (TPSA) is 36.4 Å². The van der Waals surface area contributed by atoms with Crippen molar-refractivity contribution < 1.29 is 9.50 Å². The lowest BCUT2D eigenvalue weighted by Gasteiger charge is -2.25. The van der Waals surface area contributed by atoms with Gasteiger partial charge >= 0.3 is 0 Å². The predicted octanol–water partition coefficient (Wildman–Crippen LogP) is 1.42. The highest BCUT2D eigenvalue weighted by Crippen LogP contribution is 2.25. The van der Waals surface area contributed by atoms with Crippen LogP contribution >= 0.6 is 0 Å². The Morgan fingerprint density at radius 1 is 1.62 bits per heavy atom. The van der Waals surface area contributed by atoms with Crippen molar-refractivity contribution in [2.75, 3.05) is 13.2 Å². The molecule has 0 radical (unpaired) electrons. The van der Waals surface area contributed by atoms with Gasteiger partial charge in [-0.15, -0.1) is 0 Å². The lowest BCUT2D eigenvalue weighted by Crippen LogP contribution is -2.34. The molecule has 0 amide bonds. The van der Waals surface area contributed by atoms with Crippen LogP contribution < -0.4 is 0 Å². The van der Waals surface area contributed by atoms with Gasteiger partial charge in [-0.05, 0) is 24.9 Å². The van der Waals surface area contributed by atoms with E-state index in [1.165, 1.54) is 6.20 Å². The summed E-state index contributed by atoms with van der Waals surface area (Å²) in [6, 6.07) is 1.86. The van der Waals surface area contributed by atoms with Gasteiger partial charge in [-0.3, -0.25) is 9.88 Å². The summed E-state index contributed by atoms with van der Waals surface area (Å²) in [7, 11) is 0. The van der Waals surface area contributed by atoms with E-state index in [1.807, 2.05) is 0 Å². The third-order valence-corrected chi connectivity index (χ3v) is 3.41. The van der Waals surface area contributed by atoms with Crippen LogP contribution in [0.25, 0.3) is 0 Å². The molecule has 2 atom stereocenters. The second kappa shape index (κ2) is 4.89. The van der Waals surface area contributed by atoms with Gasteiger partial charge in [-0.1, -0.05) is 6.92 Å². The third kappa shape index (κ3) is 2.23. The molecular weight excluding hydrogens is 207 g/mol. The average molecular weight is 224 g/mol. The monoisotopic (exact) mass is 224 g/mol. The minimum Gasteiger partial charge on any atom is -0.395 e. The van der Waals surface area contributed by atoms with Crippen LogP contribution in [0.15, 0.2) is 18.5 Å². The van der Waals surface area contributed by atoms with Crippen LogP contribution in [0.5, 0.6) is 0 Å². The van der Waals surface area contributed by atoms with Gasteiger partial charge in [0.15, 0.2) is 0 Å². The Kier molecular flexibility index (Phi) is 3.51. The fourth-order valence-electron chi connectivity index (χ4n) is 2.33. The van der Waals surface area contributed by atoms with Crippen LogP contribution in [-0.2, 0) is 6.54 Å². The SMILES string of the molecule is CC1CCN(Cc2ccncc2F)C1CO. The third-order valence-electron chi connectivity index (χ3n) is 3.41. The van der Waals surface area contributed by atoms with Crippen molar-refractivity contribution in [2.24, 2.45) is 5.92 Å².